The molecule has 0 spiro atoms. The fraction of sp³-hybridized carbons (Fsp3) is 0.917. The molecule has 1 amide bonds. The van der Waals surface area contributed by atoms with Gasteiger partial charge in [-0.25, -0.2) is 0 Å². The Morgan fingerprint density at radius 3 is 2.67 bits per heavy atom. The van der Waals surface area contributed by atoms with Crippen LogP contribution in [0.5, 0.6) is 0 Å². The molecule has 1 fully saturated rings. The van der Waals surface area contributed by atoms with Crippen molar-refractivity contribution < 1.29 is 4.79 Å². The van der Waals surface area contributed by atoms with Gasteiger partial charge in [-0.3, -0.25) is 4.79 Å². The average molecular weight is 212 g/mol. The molecule has 2 atom stereocenters. The molecule has 1 aliphatic carbocycles. The predicted molar refractivity (Wildman–Crippen MR) is 62.7 cm³/mol. The monoisotopic (exact) mass is 212 g/mol. The summed E-state index contributed by atoms with van der Waals surface area (Å²) in [5.41, 5.74) is 0. The van der Waals surface area contributed by atoms with Crippen molar-refractivity contribution in [1.29, 1.82) is 0 Å². The molecule has 3 nitrogen and oxygen atoms in total. The molecule has 88 valence electrons. The zero-order chi connectivity index (χ0) is 11.3. The van der Waals surface area contributed by atoms with Crippen molar-refractivity contribution in [3.05, 3.63) is 0 Å². The molecular formula is C12H24N2O. The van der Waals surface area contributed by atoms with E-state index in [0.717, 1.165) is 18.9 Å². The van der Waals surface area contributed by atoms with Crippen LogP contribution in [0.1, 0.15) is 39.0 Å². The third-order valence-corrected chi connectivity index (χ3v) is 3.33. The first-order valence-corrected chi connectivity index (χ1v) is 6.05. The molecule has 1 N–H and O–H groups in total. The summed E-state index contributed by atoms with van der Waals surface area (Å²) >= 11 is 0. The molecule has 2 unspecified atom stereocenters. The highest BCUT2D eigenvalue weighted by molar-refractivity contribution is 5.75. The molecule has 3 heteroatoms. The highest BCUT2D eigenvalue weighted by atomic mass is 16.2. The van der Waals surface area contributed by atoms with Crippen molar-refractivity contribution >= 4 is 5.91 Å². The number of nitrogens with one attached hydrogen (secondary N) is 1. The van der Waals surface area contributed by atoms with E-state index in [0.29, 0.717) is 12.5 Å². The van der Waals surface area contributed by atoms with Gasteiger partial charge in [-0.05, 0) is 31.7 Å². The Hall–Kier alpha value is -0.570. The summed E-state index contributed by atoms with van der Waals surface area (Å²) in [6.07, 6.45) is 5.65. The Morgan fingerprint density at radius 2 is 2.13 bits per heavy atom. The van der Waals surface area contributed by atoms with Crippen LogP contribution in [0.15, 0.2) is 0 Å². The molecule has 1 aliphatic rings. The standard InChI is InChI=1S/C12H24N2O/c1-10-6-4-7-11(10)13-9-5-8-12(15)14(2)3/h10-11,13H,4-9H2,1-3H3. The molecule has 15 heavy (non-hydrogen) atoms. The summed E-state index contributed by atoms with van der Waals surface area (Å²) in [5, 5.41) is 3.55. The van der Waals surface area contributed by atoms with Gasteiger partial charge in [0.05, 0.1) is 0 Å². The number of rotatable bonds is 5. The fourth-order valence-corrected chi connectivity index (χ4v) is 2.20. The third kappa shape index (κ3) is 4.20. The van der Waals surface area contributed by atoms with E-state index in [1.807, 2.05) is 14.1 Å². The van der Waals surface area contributed by atoms with Gasteiger partial charge >= 0.3 is 0 Å². The summed E-state index contributed by atoms with van der Waals surface area (Å²) in [7, 11) is 3.63. The number of nitrogens with zero attached hydrogens (tertiary/aromatic N) is 1. The summed E-state index contributed by atoms with van der Waals surface area (Å²) < 4.78 is 0. The Kier molecular flexibility index (Phi) is 5.09. The number of carbonyl (C=O) groups is 1. The number of hydrogen-bond acceptors (Lipinski definition) is 2. The fourth-order valence-electron chi connectivity index (χ4n) is 2.20. The van der Waals surface area contributed by atoms with E-state index >= 15 is 0 Å². The van der Waals surface area contributed by atoms with Gasteiger partial charge in [-0.1, -0.05) is 13.3 Å². The SMILES string of the molecule is CC1CCCC1NCCCC(=O)N(C)C. The van der Waals surface area contributed by atoms with Crippen LogP contribution >= 0.6 is 0 Å². The minimum absolute atomic E-state index is 0.233. The number of amides is 1. The second-order valence-electron chi connectivity index (χ2n) is 4.86. The van der Waals surface area contributed by atoms with Gasteiger partial charge in [0, 0.05) is 26.6 Å². The summed E-state index contributed by atoms with van der Waals surface area (Å²) in [4.78, 5) is 13.0. The maximum absolute atomic E-state index is 11.3. The van der Waals surface area contributed by atoms with Crippen LogP contribution < -0.4 is 5.32 Å². The average Bonchev–Trinajstić information content (AvgIpc) is 2.58. The third-order valence-electron chi connectivity index (χ3n) is 3.33. The van der Waals surface area contributed by atoms with E-state index in [4.69, 9.17) is 0 Å². The van der Waals surface area contributed by atoms with E-state index < -0.39 is 0 Å². The van der Waals surface area contributed by atoms with Crippen molar-refractivity contribution in [2.24, 2.45) is 5.92 Å². The molecule has 0 heterocycles. The van der Waals surface area contributed by atoms with Gasteiger partial charge in [0.1, 0.15) is 0 Å². The van der Waals surface area contributed by atoms with Gasteiger partial charge in [0.15, 0.2) is 0 Å². The van der Waals surface area contributed by atoms with Crippen LogP contribution in [-0.2, 0) is 4.79 Å². The van der Waals surface area contributed by atoms with Crippen LogP contribution in [-0.4, -0.2) is 37.5 Å². The van der Waals surface area contributed by atoms with Gasteiger partial charge < -0.3 is 10.2 Å². The first-order valence-electron chi connectivity index (χ1n) is 6.05. The van der Waals surface area contributed by atoms with Gasteiger partial charge in [0.25, 0.3) is 0 Å². The minimum atomic E-state index is 0.233. The van der Waals surface area contributed by atoms with Crippen LogP contribution in [0.4, 0.5) is 0 Å². The molecule has 0 radical (unpaired) electrons. The minimum Gasteiger partial charge on any atom is -0.349 e. The molecule has 0 aliphatic heterocycles. The maximum Gasteiger partial charge on any atom is 0.222 e. The van der Waals surface area contributed by atoms with Gasteiger partial charge in [-0.2, -0.15) is 0 Å². The largest absolute Gasteiger partial charge is 0.349 e. The summed E-state index contributed by atoms with van der Waals surface area (Å²) in [6.45, 7) is 3.30. The van der Waals surface area contributed by atoms with Gasteiger partial charge in [-0.15, -0.1) is 0 Å². The van der Waals surface area contributed by atoms with Crippen LogP contribution in [0, 0.1) is 5.92 Å². The van der Waals surface area contributed by atoms with E-state index in [1.165, 1.54) is 19.3 Å². The van der Waals surface area contributed by atoms with Crippen molar-refractivity contribution in [1.82, 2.24) is 10.2 Å². The summed E-state index contributed by atoms with van der Waals surface area (Å²) in [5.74, 6) is 1.05. The van der Waals surface area contributed by atoms with Crippen LogP contribution in [0.3, 0.4) is 0 Å². The lowest BCUT2D eigenvalue weighted by Crippen LogP contribution is -2.32. The second-order valence-corrected chi connectivity index (χ2v) is 4.86. The van der Waals surface area contributed by atoms with E-state index in [9.17, 15) is 4.79 Å². The molecule has 0 aromatic rings. The molecule has 0 bridgehead atoms. The Labute approximate surface area is 93.2 Å². The lowest BCUT2D eigenvalue weighted by atomic mass is 10.1. The normalized spacial score (nSPS) is 25.5. The summed E-state index contributed by atoms with van der Waals surface area (Å²) in [6, 6.07) is 0.694. The lowest BCUT2D eigenvalue weighted by Gasteiger charge is -2.17. The van der Waals surface area contributed by atoms with Crippen molar-refractivity contribution in [2.75, 3.05) is 20.6 Å². The molecule has 1 rings (SSSR count). The molecule has 1 saturated carbocycles. The highest BCUT2D eigenvalue weighted by Gasteiger charge is 2.22. The number of carbonyl (C=O) groups excluding carboxylic acids is 1. The second kappa shape index (κ2) is 6.11. The van der Waals surface area contributed by atoms with Crippen LogP contribution in [0.25, 0.3) is 0 Å². The maximum atomic E-state index is 11.3. The van der Waals surface area contributed by atoms with E-state index in [-0.39, 0.29) is 5.91 Å². The zero-order valence-electron chi connectivity index (χ0n) is 10.3. The quantitative estimate of drug-likeness (QED) is 0.703. The first-order chi connectivity index (χ1) is 7.11. The molecular weight excluding hydrogens is 188 g/mol. The first kappa shape index (κ1) is 12.5. The smallest absolute Gasteiger partial charge is 0.222 e. The lowest BCUT2D eigenvalue weighted by molar-refractivity contribution is -0.128. The number of hydrogen-bond donors (Lipinski definition) is 1. The Balaban J connectivity index is 2.04. The molecule has 0 aromatic heterocycles. The highest BCUT2D eigenvalue weighted by Crippen LogP contribution is 2.24. The predicted octanol–water partition coefficient (Wildman–Crippen LogP) is 1.63. The van der Waals surface area contributed by atoms with E-state index in [2.05, 4.69) is 12.2 Å². The van der Waals surface area contributed by atoms with Crippen molar-refractivity contribution in [3.63, 3.8) is 0 Å². The van der Waals surface area contributed by atoms with E-state index in [1.54, 1.807) is 4.90 Å². The zero-order valence-corrected chi connectivity index (χ0v) is 10.3. The Bertz CT molecular complexity index is 204. The molecule has 0 aromatic carbocycles. The topological polar surface area (TPSA) is 32.3 Å². The Morgan fingerprint density at radius 1 is 1.40 bits per heavy atom. The van der Waals surface area contributed by atoms with Crippen molar-refractivity contribution in [3.8, 4) is 0 Å². The van der Waals surface area contributed by atoms with Crippen molar-refractivity contribution in [2.45, 2.75) is 45.1 Å². The van der Waals surface area contributed by atoms with Crippen LogP contribution in [0.2, 0.25) is 0 Å². The molecule has 0 saturated heterocycles. The van der Waals surface area contributed by atoms with Gasteiger partial charge in [0.2, 0.25) is 5.91 Å².